The lowest BCUT2D eigenvalue weighted by atomic mass is 9.89. The number of rotatable bonds is 46. The Morgan fingerprint density at radius 2 is 0.593 bits per heavy atom. The molecule has 710 valence electrons. The van der Waals surface area contributed by atoms with Crippen LogP contribution in [0.15, 0.2) is 0 Å². The molecule has 7 aliphatic rings. The van der Waals surface area contributed by atoms with Crippen LogP contribution in [0.2, 0.25) is 0 Å². The molecule has 4 amide bonds. The first-order chi connectivity index (χ1) is 57.9. The first-order valence-electron chi connectivity index (χ1n) is 38.7. The third-order valence-corrected chi connectivity index (χ3v) is 22.1. The van der Waals surface area contributed by atoms with E-state index in [-0.39, 0.29) is 13.1 Å². The van der Waals surface area contributed by atoms with E-state index in [2.05, 4.69) is 16.0 Å². The summed E-state index contributed by atoms with van der Waals surface area (Å²) in [6.07, 6.45) is -54.4. The third kappa shape index (κ3) is 27.6. The molecule has 7 rings (SSSR count). The van der Waals surface area contributed by atoms with Crippen molar-refractivity contribution in [2.24, 2.45) is 35.5 Å². The molecular weight excluding hydrogens is 1680 g/mol. The van der Waals surface area contributed by atoms with Crippen molar-refractivity contribution in [2.75, 3.05) is 151 Å². The molecule has 7 heterocycles. The maximum absolute atomic E-state index is 15.2. The zero-order valence-electron chi connectivity index (χ0n) is 65.9. The summed E-state index contributed by atoms with van der Waals surface area (Å²) in [7, 11) is 0. The number of hydrogen-bond donors (Lipinski definition) is 31. The van der Waals surface area contributed by atoms with Crippen molar-refractivity contribution in [3.05, 3.63) is 0 Å². The Morgan fingerprint density at radius 1 is 0.350 bits per heavy atom. The van der Waals surface area contributed by atoms with Crippen LogP contribution in [-0.4, -0.2) is 527 Å². The van der Waals surface area contributed by atoms with E-state index in [1.807, 2.05) is 0 Å². The number of amides is 4. The predicted molar refractivity (Wildman–Crippen MR) is 384 cm³/mol. The highest BCUT2D eigenvalue weighted by Gasteiger charge is 2.55. The van der Waals surface area contributed by atoms with E-state index in [4.69, 9.17) is 56.8 Å². The molecule has 55 nitrogen and oxygen atoms in total. The number of ether oxygens (including phenoxy) is 12. The number of aliphatic hydroxyl groups excluding tert-OH is 24. The first-order valence-corrected chi connectivity index (χ1v) is 38.7. The number of carboxylic acid groups (broad SMARTS) is 4. The minimum absolute atomic E-state index is 0.186. The Balaban J connectivity index is 1.32. The lowest BCUT2D eigenvalue weighted by Crippen LogP contribution is -2.64. The summed E-state index contributed by atoms with van der Waals surface area (Å²) in [4.78, 5) is 113. The van der Waals surface area contributed by atoms with Gasteiger partial charge in [-0.05, 0) is 6.42 Å². The van der Waals surface area contributed by atoms with Crippen LogP contribution in [0.3, 0.4) is 0 Å². The lowest BCUT2D eigenvalue weighted by molar-refractivity contribution is -0.350. The van der Waals surface area contributed by atoms with Gasteiger partial charge in [0.25, 0.3) is 0 Å². The van der Waals surface area contributed by atoms with Gasteiger partial charge in [-0.1, -0.05) is 0 Å². The van der Waals surface area contributed by atoms with Gasteiger partial charge in [0.05, 0.1) is 184 Å². The van der Waals surface area contributed by atoms with Crippen molar-refractivity contribution in [3.8, 4) is 0 Å². The molecule has 0 aromatic rings. The van der Waals surface area contributed by atoms with E-state index in [1.54, 1.807) is 0 Å². The number of aliphatic hydroxyl groups is 24. The molecule has 0 spiro atoms. The van der Waals surface area contributed by atoms with Gasteiger partial charge >= 0.3 is 23.9 Å². The van der Waals surface area contributed by atoms with Crippen LogP contribution in [0, 0.1) is 35.5 Å². The number of carbonyl (C=O) groups excluding carboxylic acids is 4. The Kier molecular flexibility index (Phi) is 40.3. The standard InChI is InChI=1S/C68H115N7O48/c76-14-28-42(94)48(100)54(106)118-60(28)112-22-66(23-113-61-29(15-77)43(95)49(101)55(107)119-61,24-114-62-30(16-78)44(96)50(102)56(108)120-62)70-35(83)2-5-74(37(85)9-69-34(82)1-4-68(75(12-40(90)91)13-41(92)93)20-72(10-38(86)87)7-8-73(21-68)11-39(88)89)6-3-36(84)71-67(25-115-63-31(17-79)45(97)51(103)57(109)121-63,26-116-64-32(18-80)46(98)52(104)58(110)122-64)27-117-65-33(19-81)47(99)53(105)59(111)123-65/h28-33,42-65,76-81,94-111H,1-27H2,(H,69,82)(H,70,83)(H,71,84)(H,86,87)(H,88,89)(H,90,91)(H,92,93). The lowest BCUT2D eigenvalue weighted by Gasteiger charge is -2.45. The topological polar surface area (TPSA) is 863 Å². The van der Waals surface area contributed by atoms with Gasteiger partial charge in [-0.25, -0.2) is 0 Å². The molecule has 7 fully saturated rings. The van der Waals surface area contributed by atoms with E-state index in [9.17, 15) is 167 Å². The molecule has 7 saturated heterocycles. The van der Waals surface area contributed by atoms with Gasteiger partial charge in [0.1, 0.15) is 47.7 Å². The first kappa shape index (κ1) is 104. The van der Waals surface area contributed by atoms with E-state index >= 15 is 14.4 Å². The predicted octanol–water partition coefficient (Wildman–Crippen LogP) is -19.7. The molecule has 0 aromatic carbocycles. The second-order valence-corrected chi connectivity index (χ2v) is 31.1. The Hall–Kier alpha value is -5.80. The SMILES string of the molecule is O=C(O)CN1CCN(CC(=O)O)CC(CCC(=O)NCC(=O)N(CCC(=O)NC(COC2OC(O)C(O)C(O)C2CO)(COC2OC(O)C(O)C(O)C2CO)COC2OC(O)C(O)C(O)C2CO)CCC(=O)NC(COC2OC(O)C(O)C(O)C2CO)(COC2OC(O)C(O)C(O)C2CO)COC2OC(O)C(O)C(O)C2CO)(N(CC(=O)O)CC(=O)O)C1. The van der Waals surface area contributed by atoms with Crippen molar-refractivity contribution in [3.63, 3.8) is 0 Å². The van der Waals surface area contributed by atoms with Gasteiger partial charge in [-0.2, -0.15) is 0 Å². The largest absolute Gasteiger partial charge is 0.480 e. The minimum Gasteiger partial charge on any atom is -0.480 e. The summed E-state index contributed by atoms with van der Waals surface area (Å²) in [5.74, 6) is -21.3. The van der Waals surface area contributed by atoms with Gasteiger partial charge in [-0.15, -0.1) is 0 Å². The molecule has 30 atom stereocenters. The smallest absolute Gasteiger partial charge is 0.317 e. The average molecular weight is 1800 g/mol. The molecule has 0 radical (unpaired) electrons. The van der Waals surface area contributed by atoms with Crippen LogP contribution in [0.1, 0.15) is 25.7 Å². The third-order valence-electron chi connectivity index (χ3n) is 22.1. The van der Waals surface area contributed by atoms with Crippen LogP contribution in [0.25, 0.3) is 0 Å². The fourth-order valence-corrected chi connectivity index (χ4v) is 15.0. The number of nitrogens with one attached hydrogen (secondary N) is 3. The summed E-state index contributed by atoms with van der Waals surface area (Å²) in [6, 6.07) is 0. The van der Waals surface area contributed by atoms with Crippen molar-refractivity contribution in [1.29, 1.82) is 0 Å². The second-order valence-electron chi connectivity index (χ2n) is 31.1. The minimum atomic E-state index is -2.58. The molecular formula is C68H115N7O48. The molecule has 31 N–H and O–H groups in total. The normalized spacial score (nSPS) is 36.9. The van der Waals surface area contributed by atoms with Gasteiger partial charge < -0.3 is 221 Å². The van der Waals surface area contributed by atoms with Crippen LogP contribution >= 0.6 is 0 Å². The van der Waals surface area contributed by atoms with Gasteiger partial charge in [0.15, 0.2) is 75.5 Å². The number of carbonyl (C=O) groups is 8. The molecule has 0 saturated carbocycles. The molecule has 7 aliphatic heterocycles. The van der Waals surface area contributed by atoms with E-state index < -0.39 is 412 Å². The summed E-state index contributed by atoms with van der Waals surface area (Å²) >= 11 is 0. The maximum Gasteiger partial charge on any atom is 0.317 e. The van der Waals surface area contributed by atoms with E-state index in [1.165, 1.54) is 9.80 Å². The molecule has 30 unspecified atom stereocenters. The van der Waals surface area contributed by atoms with Crippen LogP contribution in [-0.2, 0) is 95.2 Å². The van der Waals surface area contributed by atoms with Crippen LogP contribution in [0.4, 0.5) is 0 Å². The average Bonchev–Trinajstić information content (AvgIpc) is 1.66. The zero-order valence-corrected chi connectivity index (χ0v) is 65.9. The number of hydrogen-bond acceptors (Lipinski definition) is 47. The molecule has 0 bridgehead atoms. The molecule has 55 heteroatoms. The van der Waals surface area contributed by atoms with Gasteiger partial charge in [0, 0.05) is 64.1 Å². The molecule has 0 aliphatic carbocycles. The Labute approximate surface area is 697 Å². The van der Waals surface area contributed by atoms with E-state index in [0.717, 1.165) is 4.90 Å². The molecule has 123 heavy (non-hydrogen) atoms. The summed E-state index contributed by atoms with van der Waals surface area (Å²) in [5.41, 5.74) is -7.08. The maximum atomic E-state index is 15.2. The fraction of sp³-hybridized carbons (Fsp3) is 0.882. The molecule has 0 aromatic heterocycles. The number of nitrogens with zero attached hydrogens (tertiary/aromatic N) is 4. The van der Waals surface area contributed by atoms with Gasteiger partial charge in [0.2, 0.25) is 23.6 Å². The van der Waals surface area contributed by atoms with Crippen molar-refractivity contribution in [1.82, 2.24) is 35.6 Å². The second kappa shape index (κ2) is 47.5. The summed E-state index contributed by atoms with van der Waals surface area (Å²) < 4.78 is 68.1. The van der Waals surface area contributed by atoms with Crippen LogP contribution in [0.5, 0.6) is 0 Å². The number of aliphatic carboxylic acids is 4. The Morgan fingerprint density at radius 3 is 0.813 bits per heavy atom. The quantitative estimate of drug-likeness (QED) is 0.0269. The van der Waals surface area contributed by atoms with Crippen molar-refractivity contribution < 1.29 is 238 Å². The highest BCUT2D eigenvalue weighted by atomic mass is 16.8. The van der Waals surface area contributed by atoms with E-state index in [0.29, 0.717) is 4.90 Å². The van der Waals surface area contributed by atoms with Crippen molar-refractivity contribution in [2.45, 2.75) is 191 Å². The summed E-state index contributed by atoms with van der Waals surface area (Å²) in [5, 5.41) is 303. The fourth-order valence-electron chi connectivity index (χ4n) is 15.0. The highest BCUT2D eigenvalue weighted by molar-refractivity contribution is 5.86. The monoisotopic (exact) mass is 1800 g/mol. The zero-order chi connectivity index (χ0) is 91.4. The Bertz CT molecular complexity index is 2970. The van der Waals surface area contributed by atoms with Crippen LogP contribution < -0.4 is 16.0 Å². The number of carboxylic acids is 4. The van der Waals surface area contributed by atoms with Gasteiger partial charge in [-0.3, -0.25) is 53.1 Å². The highest BCUT2D eigenvalue weighted by Crippen LogP contribution is 2.36. The summed E-state index contributed by atoms with van der Waals surface area (Å²) in [6.45, 7) is -22.0. The van der Waals surface area contributed by atoms with Crippen molar-refractivity contribution >= 4 is 47.5 Å².